The van der Waals surface area contributed by atoms with Crippen LogP contribution in [0.3, 0.4) is 0 Å². The van der Waals surface area contributed by atoms with Crippen LogP contribution in [0.2, 0.25) is 0 Å². The Kier molecular flexibility index (Phi) is 5.17. The van der Waals surface area contributed by atoms with Crippen molar-refractivity contribution >= 4 is 65.6 Å². The summed E-state index contributed by atoms with van der Waals surface area (Å²) in [5.74, 6) is 1.38. The van der Waals surface area contributed by atoms with Gasteiger partial charge in [-0.15, -0.1) is 0 Å². The van der Waals surface area contributed by atoms with E-state index in [9.17, 15) is 0 Å². The molecule has 0 bridgehead atoms. The number of aromatic nitrogens is 4. The zero-order chi connectivity index (χ0) is 33.2. The maximum atomic E-state index is 6.69. The van der Waals surface area contributed by atoms with E-state index < -0.39 is 0 Å². The maximum absolute atomic E-state index is 6.69. The van der Waals surface area contributed by atoms with E-state index in [1.54, 1.807) is 0 Å². The number of rotatable bonds is 3. The molecule has 5 nitrogen and oxygen atoms in total. The van der Waals surface area contributed by atoms with Crippen LogP contribution in [-0.4, -0.2) is 19.1 Å². The smallest absolute Gasteiger partial charge is 0.197 e. The van der Waals surface area contributed by atoms with Crippen LogP contribution in [0.15, 0.2) is 162 Å². The largest absolute Gasteiger partial charge is 0.450 e. The molecule has 0 aliphatic heterocycles. The van der Waals surface area contributed by atoms with Gasteiger partial charge in [0.2, 0.25) is 0 Å². The first-order valence-corrected chi connectivity index (χ1v) is 17.3. The summed E-state index contributed by atoms with van der Waals surface area (Å²) >= 11 is 0. The van der Waals surface area contributed by atoms with Gasteiger partial charge in [-0.3, -0.25) is 4.57 Å². The fourth-order valence-electron chi connectivity index (χ4n) is 8.56. The fourth-order valence-corrected chi connectivity index (χ4v) is 8.56. The third-order valence-electron chi connectivity index (χ3n) is 10.7. The molecule has 0 fully saturated rings. The molecule has 1 aliphatic carbocycles. The monoisotopic (exact) mass is 650 g/mol. The molecule has 0 unspecified atom stereocenters. The Labute approximate surface area is 291 Å². The number of nitrogens with zero attached hydrogens (tertiary/aromatic N) is 4. The van der Waals surface area contributed by atoms with Crippen molar-refractivity contribution in [2.24, 2.45) is 0 Å². The Morgan fingerprint density at radius 2 is 1.18 bits per heavy atom. The van der Waals surface area contributed by atoms with E-state index >= 15 is 0 Å². The Morgan fingerprint density at radius 3 is 2.02 bits per heavy atom. The van der Waals surface area contributed by atoms with Crippen LogP contribution in [0.4, 0.5) is 0 Å². The summed E-state index contributed by atoms with van der Waals surface area (Å²) in [4.78, 5) is 10.8. The predicted octanol–water partition coefficient (Wildman–Crippen LogP) is 11.9. The normalized spacial score (nSPS) is 12.3. The van der Waals surface area contributed by atoms with Gasteiger partial charge in [-0.1, -0.05) is 115 Å². The summed E-state index contributed by atoms with van der Waals surface area (Å²) < 4.78 is 11.3. The zero-order valence-electron chi connectivity index (χ0n) is 27.2. The summed E-state index contributed by atoms with van der Waals surface area (Å²) in [6.07, 6.45) is 0. The molecule has 4 aromatic heterocycles. The third-order valence-corrected chi connectivity index (χ3v) is 10.7. The first kappa shape index (κ1) is 26.9. The number of benzene rings is 7. The van der Waals surface area contributed by atoms with Crippen molar-refractivity contribution in [3.05, 3.63) is 158 Å². The van der Waals surface area contributed by atoms with Gasteiger partial charge in [0.1, 0.15) is 11.1 Å². The van der Waals surface area contributed by atoms with Crippen molar-refractivity contribution in [1.29, 1.82) is 0 Å². The van der Waals surface area contributed by atoms with Crippen molar-refractivity contribution < 1.29 is 4.42 Å². The zero-order valence-corrected chi connectivity index (χ0v) is 27.2. The van der Waals surface area contributed by atoms with E-state index in [1.807, 2.05) is 18.2 Å². The predicted molar refractivity (Wildman–Crippen MR) is 208 cm³/mol. The molecule has 4 heterocycles. The molecule has 1 aliphatic rings. The number of hydrogen-bond donors (Lipinski definition) is 0. The number of hydrogen-bond acceptors (Lipinski definition) is 3. The Bertz CT molecular complexity index is 3250. The van der Waals surface area contributed by atoms with E-state index in [2.05, 4.69) is 149 Å². The number of fused-ring (bicyclic) bond motifs is 11. The van der Waals surface area contributed by atoms with Crippen LogP contribution in [0.1, 0.15) is 0 Å². The molecular weight excluding hydrogens is 625 g/mol. The van der Waals surface area contributed by atoms with Crippen LogP contribution < -0.4 is 0 Å². The van der Waals surface area contributed by atoms with Gasteiger partial charge in [0, 0.05) is 43.9 Å². The van der Waals surface area contributed by atoms with E-state index in [0.717, 1.165) is 55.8 Å². The van der Waals surface area contributed by atoms with Crippen LogP contribution in [0, 0.1) is 0 Å². The average molecular weight is 651 g/mol. The van der Waals surface area contributed by atoms with E-state index in [0.29, 0.717) is 11.4 Å². The average Bonchev–Trinajstić information content (AvgIpc) is 3.92. The summed E-state index contributed by atoms with van der Waals surface area (Å²) in [6, 6.07) is 55.8. The topological polar surface area (TPSA) is 48.8 Å². The van der Waals surface area contributed by atoms with Gasteiger partial charge >= 0.3 is 0 Å². The molecule has 0 spiro atoms. The quantitative estimate of drug-likeness (QED) is 0.191. The fraction of sp³-hybridized carbons (Fsp3) is 0. The van der Waals surface area contributed by atoms with Gasteiger partial charge in [0.05, 0.1) is 22.2 Å². The standard InChI is InChI=1S/C46H26N4O/c1-2-14-29(15-3-1)49-36-21-7-4-16-30(36)31-25-24-28(26-38(31)49)45-47-42-33-18-6-9-23-39(33)51-44(42)46(48-45)50-37-22-8-5-17-32(37)41-34-19-10-12-27-13-11-20-35(40(27)34)43(41)50/h1-26H. The molecule has 236 valence electrons. The Morgan fingerprint density at radius 1 is 0.490 bits per heavy atom. The second-order valence-corrected chi connectivity index (χ2v) is 13.4. The SMILES string of the molecule is c1ccc(-n2c3ccccc3c3ccc(-c4nc(-n5c6c(c7ccccc75)-c5cccc7cccc-6c57)c5oc6ccccc6c5n4)cc32)cc1. The lowest BCUT2D eigenvalue weighted by Crippen LogP contribution is -2.03. The highest BCUT2D eigenvalue weighted by atomic mass is 16.3. The van der Waals surface area contributed by atoms with Crippen molar-refractivity contribution in [3.63, 3.8) is 0 Å². The van der Waals surface area contributed by atoms with Gasteiger partial charge in [0.25, 0.3) is 0 Å². The summed E-state index contributed by atoms with van der Waals surface area (Å²) in [6.45, 7) is 0. The molecule has 0 saturated carbocycles. The molecule has 0 N–H and O–H groups in total. The molecule has 0 radical (unpaired) electrons. The summed E-state index contributed by atoms with van der Waals surface area (Å²) in [5, 5.41) is 7.07. The van der Waals surface area contributed by atoms with Crippen LogP contribution >= 0.6 is 0 Å². The van der Waals surface area contributed by atoms with Crippen molar-refractivity contribution in [3.8, 4) is 45.3 Å². The minimum absolute atomic E-state index is 0.649. The van der Waals surface area contributed by atoms with Crippen LogP contribution in [0.5, 0.6) is 0 Å². The molecule has 51 heavy (non-hydrogen) atoms. The summed E-state index contributed by atoms with van der Waals surface area (Å²) in [7, 11) is 0. The Hall–Kier alpha value is -6.98. The Balaban J connectivity index is 1.20. The van der Waals surface area contributed by atoms with Crippen molar-refractivity contribution in [2.45, 2.75) is 0 Å². The van der Waals surface area contributed by atoms with Gasteiger partial charge < -0.3 is 8.98 Å². The van der Waals surface area contributed by atoms with E-state index in [4.69, 9.17) is 14.4 Å². The van der Waals surface area contributed by atoms with Gasteiger partial charge in [-0.25, -0.2) is 9.97 Å². The third kappa shape index (κ3) is 3.54. The lowest BCUT2D eigenvalue weighted by atomic mass is 10.0. The lowest BCUT2D eigenvalue weighted by molar-refractivity contribution is 0.662. The van der Waals surface area contributed by atoms with E-state index in [-0.39, 0.29) is 0 Å². The van der Waals surface area contributed by atoms with Crippen LogP contribution in [0.25, 0.3) is 111 Å². The highest BCUT2D eigenvalue weighted by molar-refractivity contribution is 6.22. The first-order valence-electron chi connectivity index (χ1n) is 17.3. The molecule has 0 atom stereocenters. The van der Waals surface area contributed by atoms with Crippen molar-refractivity contribution in [1.82, 2.24) is 19.1 Å². The van der Waals surface area contributed by atoms with Crippen LogP contribution in [-0.2, 0) is 0 Å². The second-order valence-electron chi connectivity index (χ2n) is 13.4. The molecule has 0 amide bonds. The lowest BCUT2D eigenvalue weighted by Gasteiger charge is -2.13. The minimum atomic E-state index is 0.649. The molecule has 12 rings (SSSR count). The number of para-hydroxylation sites is 4. The van der Waals surface area contributed by atoms with Gasteiger partial charge in [0.15, 0.2) is 17.2 Å². The van der Waals surface area contributed by atoms with Crippen molar-refractivity contribution in [2.75, 3.05) is 0 Å². The molecule has 0 saturated heterocycles. The highest BCUT2D eigenvalue weighted by Gasteiger charge is 2.31. The molecule has 7 aromatic carbocycles. The molecular formula is C46H26N4O. The summed E-state index contributed by atoms with van der Waals surface area (Å²) in [5.41, 5.74) is 12.5. The molecule has 11 aromatic rings. The molecule has 5 heteroatoms. The first-order chi connectivity index (χ1) is 25.3. The van der Waals surface area contributed by atoms with E-state index in [1.165, 1.54) is 43.6 Å². The highest BCUT2D eigenvalue weighted by Crippen LogP contribution is 2.53. The van der Waals surface area contributed by atoms with Gasteiger partial charge in [-0.2, -0.15) is 0 Å². The second kappa shape index (κ2) is 9.80. The maximum Gasteiger partial charge on any atom is 0.197 e. The number of furan rings is 1. The minimum Gasteiger partial charge on any atom is -0.450 e. The van der Waals surface area contributed by atoms with Gasteiger partial charge in [-0.05, 0) is 58.8 Å².